The van der Waals surface area contributed by atoms with Gasteiger partial charge in [-0.25, -0.2) is 8.42 Å². The molecule has 0 bridgehead atoms. The van der Waals surface area contributed by atoms with Crippen molar-refractivity contribution < 1.29 is 16.8 Å². The van der Waals surface area contributed by atoms with Crippen molar-refractivity contribution in [3.63, 3.8) is 0 Å². The van der Waals surface area contributed by atoms with E-state index in [9.17, 15) is 16.8 Å². The van der Waals surface area contributed by atoms with Crippen molar-refractivity contribution in [2.45, 2.75) is 19.8 Å². The Labute approximate surface area is 125 Å². The van der Waals surface area contributed by atoms with Crippen LogP contribution in [-0.4, -0.2) is 35.7 Å². The molecule has 118 valence electrons. The summed E-state index contributed by atoms with van der Waals surface area (Å²) in [7, 11) is -6.91. The molecule has 1 heterocycles. The highest BCUT2D eigenvalue weighted by Crippen LogP contribution is 2.26. The van der Waals surface area contributed by atoms with Crippen molar-refractivity contribution in [3.05, 3.63) is 24.3 Å². The lowest BCUT2D eigenvalue weighted by Gasteiger charge is -2.18. The molecule has 0 atom stereocenters. The Morgan fingerprint density at radius 2 is 2.10 bits per heavy atom. The van der Waals surface area contributed by atoms with E-state index < -0.39 is 20.2 Å². The van der Waals surface area contributed by atoms with E-state index in [4.69, 9.17) is 0 Å². The highest BCUT2D eigenvalue weighted by atomic mass is 32.2. The molecule has 2 rings (SSSR count). The van der Waals surface area contributed by atoms with Crippen molar-refractivity contribution in [2.24, 2.45) is 0 Å². The highest BCUT2D eigenvalue weighted by Gasteiger charge is 2.28. The van der Waals surface area contributed by atoms with Crippen LogP contribution in [0.2, 0.25) is 0 Å². The summed E-state index contributed by atoms with van der Waals surface area (Å²) in [5, 5.41) is 0. The summed E-state index contributed by atoms with van der Waals surface area (Å²) in [5.41, 5.74) is 0.807. The lowest BCUT2D eigenvalue weighted by atomic mass is 10.3. The van der Waals surface area contributed by atoms with Gasteiger partial charge in [0, 0.05) is 13.1 Å². The first-order valence-corrected chi connectivity index (χ1v) is 9.81. The summed E-state index contributed by atoms with van der Waals surface area (Å²) in [6, 6.07) is 6.38. The van der Waals surface area contributed by atoms with Gasteiger partial charge in [0.25, 0.3) is 10.2 Å². The standard InChI is InChI=1S/C12H19N3O4S2/c1-2-7-13-21(18,19)14-11-5-3-6-12(10-11)15-8-4-9-20(15,16)17/h3,5-6,10,13-14H,2,4,7-9H2,1H3. The molecule has 0 aliphatic carbocycles. The average Bonchev–Trinajstić information content (AvgIpc) is 2.76. The first kappa shape index (κ1) is 16.1. The van der Waals surface area contributed by atoms with E-state index >= 15 is 0 Å². The van der Waals surface area contributed by atoms with Gasteiger partial charge in [0.2, 0.25) is 10.0 Å². The van der Waals surface area contributed by atoms with Crippen molar-refractivity contribution in [1.29, 1.82) is 0 Å². The molecule has 0 amide bonds. The van der Waals surface area contributed by atoms with Crippen LogP contribution in [0.4, 0.5) is 11.4 Å². The van der Waals surface area contributed by atoms with Gasteiger partial charge in [-0.1, -0.05) is 13.0 Å². The van der Waals surface area contributed by atoms with E-state index in [2.05, 4.69) is 9.44 Å². The molecule has 7 nitrogen and oxygen atoms in total. The monoisotopic (exact) mass is 333 g/mol. The minimum absolute atomic E-state index is 0.126. The van der Waals surface area contributed by atoms with Crippen LogP contribution in [0.5, 0.6) is 0 Å². The minimum Gasteiger partial charge on any atom is -0.271 e. The third kappa shape index (κ3) is 4.08. The summed E-state index contributed by atoms with van der Waals surface area (Å²) in [6.07, 6.45) is 1.27. The van der Waals surface area contributed by atoms with Gasteiger partial charge in [0.05, 0.1) is 17.1 Å². The molecule has 1 fully saturated rings. The number of hydrogen-bond acceptors (Lipinski definition) is 4. The number of benzene rings is 1. The molecule has 0 spiro atoms. The largest absolute Gasteiger partial charge is 0.299 e. The van der Waals surface area contributed by atoms with E-state index in [0.717, 1.165) is 0 Å². The van der Waals surface area contributed by atoms with Gasteiger partial charge in [-0.3, -0.25) is 9.03 Å². The van der Waals surface area contributed by atoms with Gasteiger partial charge in [-0.15, -0.1) is 0 Å². The minimum atomic E-state index is -3.63. The van der Waals surface area contributed by atoms with Gasteiger partial charge in [-0.05, 0) is 31.0 Å². The van der Waals surface area contributed by atoms with Crippen molar-refractivity contribution in [1.82, 2.24) is 4.72 Å². The number of hydrogen-bond donors (Lipinski definition) is 2. The smallest absolute Gasteiger partial charge is 0.271 e. The topological polar surface area (TPSA) is 95.6 Å². The molecule has 1 aliphatic rings. The second kappa shape index (κ2) is 6.20. The molecule has 1 aliphatic heterocycles. The Bertz CT molecular complexity index is 701. The summed E-state index contributed by atoms with van der Waals surface area (Å²) >= 11 is 0. The number of nitrogens with one attached hydrogen (secondary N) is 2. The van der Waals surface area contributed by atoms with Crippen LogP contribution < -0.4 is 13.7 Å². The Balaban J connectivity index is 2.19. The predicted octanol–water partition coefficient (Wildman–Crippen LogP) is 0.883. The summed E-state index contributed by atoms with van der Waals surface area (Å²) in [6.45, 7) is 2.63. The van der Waals surface area contributed by atoms with E-state index in [1.54, 1.807) is 18.2 Å². The Morgan fingerprint density at radius 3 is 2.71 bits per heavy atom. The van der Waals surface area contributed by atoms with Crippen LogP contribution in [0.25, 0.3) is 0 Å². The second-order valence-electron chi connectivity index (χ2n) is 4.79. The van der Waals surface area contributed by atoms with E-state index in [1.165, 1.54) is 10.4 Å². The van der Waals surface area contributed by atoms with Crippen LogP contribution in [0, 0.1) is 0 Å². The van der Waals surface area contributed by atoms with E-state index in [1.807, 2.05) is 6.92 Å². The van der Waals surface area contributed by atoms with Gasteiger partial charge in [0.15, 0.2) is 0 Å². The first-order valence-electron chi connectivity index (χ1n) is 6.72. The molecule has 2 N–H and O–H groups in total. The zero-order valence-electron chi connectivity index (χ0n) is 11.7. The molecule has 0 saturated carbocycles. The molecule has 9 heteroatoms. The van der Waals surface area contributed by atoms with Crippen LogP contribution in [0.3, 0.4) is 0 Å². The summed E-state index contributed by atoms with van der Waals surface area (Å²) in [5.74, 6) is 0.126. The van der Waals surface area contributed by atoms with Gasteiger partial charge >= 0.3 is 0 Å². The molecule has 0 radical (unpaired) electrons. The summed E-state index contributed by atoms with van der Waals surface area (Å²) < 4.78 is 53.4. The number of nitrogens with zero attached hydrogens (tertiary/aromatic N) is 1. The van der Waals surface area contributed by atoms with Gasteiger partial charge < -0.3 is 0 Å². The average molecular weight is 333 g/mol. The lowest BCUT2D eigenvalue weighted by Crippen LogP contribution is -2.30. The SMILES string of the molecule is CCCNS(=O)(=O)Nc1cccc(N2CCCS2(=O)=O)c1. The third-order valence-corrected chi connectivity index (χ3v) is 5.99. The Morgan fingerprint density at radius 1 is 1.33 bits per heavy atom. The maximum atomic E-state index is 11.9. The molecule has 1 saturated heterocycles. The van der Waals surface area contributed by atoms with Crippen LogP contribution in [0.15, 0.2) is 24.3 Å². The second-order valence-corrected chi connectivity index (χ2v) is 8.30. The van der Waals surface area contributed by atoms with E-state index in [0.29, 0.717) is 37.3 Å². The van der Waals surface area contributed by atoms with Crippen molar-refractivity contribution >= 4 is 31.6 Å². The fourth-order valence-electron chi connectivity index (χ4n) is 2.08. The molecule has 1 aromatic carbocycles. The van der Waals surface area contributed by atoms with Gasteiger partial charge in [0.1, 0.15) is 0 Å². The predicted molar refractivity (Wildman–Crippen MR) is 83.0 cm³/mol. The van der Waals surface area contributed by atoms with Crippen LogP contribution >= 0.6 is 0 Å². The van der Waals surface area contributed by atoms with E-state index in [-0.39, 0.29) is 5.75 Å². The summed E-state index contributed by atoms with van der Waals surface area (Å²) in [4.78, 5) is 0. The Kier molecular flexibility index (Phi) is 4.74. The van der Waals surface area contributed by atoms with Crippen molar-refractivity contribution in [3.8, 4) is 0 Å². The quantitative estimate of drug-likeness (QED) is 0.808. The molecular formula is C12H19N3O4S2. The molecule has 21 heavy (non-hydrogen) atoms. The maximum absolute atomic E-state index is 11.9. The number of sulfonamides is 1. The number of anilines is 2. The fraction of sp³-hybridized carbons (Fsp3) is 0.500. The van der Waals surface area contributed by atoms with Crippen molar-refractivity contribution in [2.75, 3.05) is 27.9 Å². The lowest BCUT2D eigenvalue weighted by molar-refractivity contribution is 0.586. The van der Waals surface area contributed by atoms with Crippen LogP contribution in [-0.2, 0) is 20.2 Å². The normalized spacial score (nSPS) is 17.9. The van der Waals surface area contributed by atoms with Gasteiger partial charge in [-0.2, -0.15) is 13.1 Å². The molecule has 0 unspecified atom stereocenters. The maximum Gasteiger partial charge on any atom is 0.299 e. The van der Waals surface area contributed by atoms with Crippen LogP contribution in [0.1, 0.15) is 19.8 Å². The molecule has 0 aromatic heterocycles. The molecule has 1 aromatic rings. The Hall–Kier alpha value is -1.32. The first-order chi connectivity index (χ1) is 9.84. The zero-order valence-corrected chi connectivity index (χ0v) is 13.4. The molecular weight excluding hydrogens is 314 g/mol. The number of rotatable bonds is 6. The zero-order chi connectivity index (χ0) is 15.5. The highest BCUT2D eigenvalue weighted by molar-refractivity contribution is 7.93. The fourth-order valence-corrected chi connectivity index (χ4v) is 4.62. The third-order valence-electron chi connectivity index (χ3n) is 3.03.